The minimum absolute atomic E-state index is 0.00633. The van der Waals surface area contributed by atoms with Crippen molar-refractivity contribution in [2.75, 3.05) is 6.61 Å². The predicted octanol–water partition coefficient (Wildman–Crippen LogP) is 3.01. The Balaban J connectivity index is 1.72. The van der Waals surface area contributed by atoms with Gasteiger partial charge in [-0.15, -0.1) is 11.3 Å². The van der Waals surface area contributed by atoms with Gasteiger partial charge in [-0.05, 0) is 38.8 Å². The van der Waals surface area contributed by atoms with Crippen LogP contribution >= 0.6 is 11.3 Å². The number of furan rings is 1. The van der Waals surface area contributed by atoms with Crippen LogP contribution < -0.4 is 5.32 Å². The van der Waals surface area contributed by atoms with E-state index in [1.165, 1.54) is 11.3 Å². The van der Waals surface area contributed by atoms with E-state index in [0.717, 1.165) is 29.3 Å². The van der Waals surface area contributed by atoms with Crippen molar-refractivity contribution in [3.05, 3.63) is 29.0 Å². The van der Waals surface area contributed by atoms with E-state index in [1.54, 1.807) is 6.26 Å². The van der Waals surface area contributed by atoms with Crippen LogP contribution in [0, 0.1) is 6.92 Å². The Morgan fingerprint density at radius 3 is 3.10 bits per heavy atom. The van der Waals surface area contributed by atoms with Crippen LogP contribution in [0.2, 0.25) is 0 Å². The molecule has 1 aliphatic rings. The molecule has 0 bridgehead atoms. The summed E-state index contributed by atoms with van der Waals surface area (Å²) in [6, 6.07) is 3.65. The maximum absolute atomic E-state index is 12.4. The molecule has 21 heavy (non-hydrogen) atoms. The molecule has 2 atom stereocenters. The van der Waals surface area contributed by atoms with Crippen molar-refractivity contribution in [3.63, 3.8) is 0 Å². The van der Waals surface area contributed by atoms with Crippen LogP contribution in [0.3, 0.4) is 0 Å². The van der Waals surface area contributed by atoms with Gasteiger partial charge < -0.3 is 14.5 Å². The zero-order valence-corrected chi connectivity index (χ0v) is 12.9. The number of hydrogen-bond acceptors (Lipinski definition) is 5. The molecule has 6 heteroatoms. The average molecular weight is 306 g/mol. The Labute approximate surface area is 127 Å². The minimum atomic E-state index is -0.149. The second-order valence-electron chi connectivity index (χ2n) is 5.21. The van der Waals surface area contributed by atoms with Crippen molar-refractivity contribution < 1.29 is 13.9 Å². The van der Waals surface area contributed by atoms with E-state index >= 15 is 0 Å². The Bertz CT molecular complexity index is 615. The fraction of sp³-hybridized carbons (Fsp3) is 0.467. The van der Waals surface area contributed by atoms with E-state index < -0.39 is 0 Å². The molecule has 1 N–H and O–H groups in total. The highest BCUT2D eigenvalue weighted by molar-refractivity contribution is 7.15. The maximum Gasteiger partial charge on any atom is 0.271 e. The number of amides is 1. The number of carbonyl (C=O) groups is 1. The van der Waals surface area contributed by atoms with Crippen molar-refractivity contribution in [1.82, 2.24) is 10.3 Å². The lowest BCUT2D eigenvalue weighted by atomic mass is 10.1. The van der Waals surface area contributed by atoms with Crippen molar-refractivity contribution in [2.24, 2.45) is 0 Å². The lowest BCUT2D eigenvalue weighted by molar-refractivity contribution is 0.0709. The second-order valence-corrected chi connectivity index (χ2v) is 6.42. The predicted molar refractivity (Wildman–Crippen MR) is 80.5 cm³/mol. The van der Waals surface area contributed by atoms with E-state index in [2.05, 4.69) is 10.3 Å². The molecule has 1 amide bonds. The number of ether oxygens (including phenoxy) is 1. The van der Waals surface area contributed by atoms with Gasteiger partial charge in [-0.2, -0.15) is 0 Å². The Kier molecular flexibility index (Phi) is 4.07. The van der Waals surface area contributed by atoms with Gasteiger partial charge in [-0.1, -0.05) is 0 Å². The molecule has 0 saturated carbocycles. The largest absolute Gasteiger partial charge is 0.462 e. The highest BCUT2D eigenvalue weighted by Crippen LogP contribution is 2.28. The zero-order chi connectivity index (χ0) is 14.8. The molecule has 1 fully saturated rings. The van der Waals surface area contributed by atoms with Gasteiger partial charge >= 0.3 is 0 Å². The number of nitrogens with zero attached hydrogens (tertiary/aromatic N) is 1. The first-order chi connectivity index (χ1) is 10.1. The number of aromatic nitrogens is 1. The highest BCUT2D eigenvalue weighted by atomic mass is 32.1. The molecule has 3 rings (SSSR count). The van der Waals surface area contributed by atoms with Crippen LogP contribution in [-0.2, 0) is 4.74 Å². The van der Waals surface area contributed by atoms with Gasteiger partial charge in [-0.25, -0.2) is 4.98 Å². The first-order valence-corrected chi connectivity index (χ1v) is 7.90. The van der Waals surface area contributed by atoms with Gasteiger partial charge in [0.05, 0.1) is 18.4 Å². The van der Waals surface area contributed by atoms with Crippen LogP contribution in [-0.4, -0.2) is 29.6 Å². The normalized spacial score (nSPS) is 19.6. The third-order valence-corrected chi connectivity index (χ3v) is 4.61. The summed E-state index contributed by atoms with van der Waals surface area (Å²) in [5, 5.41) is 3.72. The fourth-order valence-corrected chi connectivity index (χ4v) is 3.36. The van der Waals surface area contributed by atoms with Gasteiger partial charge in [0.15, 0.2) is 10.8 Å². The van der Waals surface area contributed by atoms with Crippen molar-refractivity contribution in [3.8, 4) is 10.8 Å². The molecule has 5 nitrogen and oxygen atoms in total. The van der Waals surface area contributed by atoms with Gasteiger partial charge in [0.2, 0.25) is 0 Å². The molecule has 0 aromatic carbocycles. The molecular formula is C15H18N2O3S. The molecule has 3 heterocycles. The summed E-state index contributed by atoms with van der Waals surface area (Å²) < 4.78 is 10.9. The minimum Gasteiger partial charge on any atom is -0.462 e. The SMILES string of the molecule is Cc1sc(-c2ccco2)nc1C(=O)N[C@@H](C)[C@H]1CCCO1. The molecule has 0 aliphatic carbocycles. The highest BCUT2D eigenvalue weighted by Gasteiger charge is 2.25. The quantitative estimate of drug-likeness (QED) is 0.943. The Hall–Kier alpha value is -1.66. The standard InChI is InChI=1S/C15H18N2O3S/c1-9(11-5-3-7-19-11)16-14(18)13-10(2)21-15(17-13)12-6-4-8-20-12/h4,6,8-9,11H,3,5,7H2,1-2H3,(H,16,18)/t9-,11+/m0/s1. The lowest BCUT2D eigenvalue weighted by Gasteiger charge is -2.19. The molecule has 1 aliphatic heterocycles. The summed E-state index contributed by atoms with van der Waals surface area (Å²) in [5.74, 6) is 0.541. The molecular weight excluding hydrogens is 288 g/mol. The van der Waals surface area contributed by atoms with E-state index in [1.807, 2.05) is 26.0 Å². The van der Waals surface area contributed by atoms with Crippen LogP contribution in [0.15, 0.2) is 22.8 Å². The molecule has 2 aromatic heterocycles. The van der Waals surface area contributed by atoms with Crippen molar-refractivity contribution in [1.29, 1.82) is 0 Å². The Morgan fingerprint density at radius 2 is 2.43 bits per heavy atom. The van der Waals surface area contributed by atoms with E-state index in [9.17, 15) is 4.79 Å². The summed E-state index contributed by atoms with van der Waals surface area (Å²) in [5.41, 5.74) is 0.469. The molecule has 0 radical (unpaired) electrons. The van der Waals surface area contributed by atoms with Crippen molar-refractivity contribution in [2.45, 2.75) is 38.8 Å². The second kappa shape index (κ2) is 5.99. The van der Waals surface area contributed by atoms with E-state index in [0.29, 0.717) is 11.5 Å². The third-order valence-electron chi connectivity index (χ3n) is 3.62. The molecule has 112 valence electrons. The summed E-state index contributed by atoms with van der Waals surface area (Å²) in [6.45, 7) is 4.65. The van der Waals surface area contributed by atoms with E-state index in [4.69, 9.17) is 9.15 Å². The van der Waals surface area contributed by atoms with Crippen LogP contribution in [0.5, 0.6) is 0 Å². The number of rotatable bonds is 4. The summed E-state index contributed by atoms with van der Waals surface area (Å²) in [6.07, 6.45) is 3.77. The first-order valence-electron chi connectivity index (χ1n) is 7.09. The van der Waals surface area contributed by atoms with Crippen LogP contribution in [0.4, 0.5) is 0 Å². The number of aryl methyl sites for hydroxylation is 1. The molecule has 1 saturated heterocycles. The number of hydrogen-bond donors (Lipinski definition) is 1. The van der Waals surface area contributed by atoms with Crippen molar-refractivity contribution >= 4 is 17.2 Å². The van der Waals surface area contributed by atoms with E-state index in [-0.39, 0.29) is 18.1 Å². The first kappa shape index (κ1) is 14.3. The molecule has 0 spiro atoms. The summed E-state index contributed by atoms with van der Waals surface area (Å²) >= 11 is 1.46. The average Bonchev–Trinajstić information content (AvgIpc) is 3.20. The maximum atomic E-state index is 12.4. The van der Waals surface area contributed by atoms with Gasteiger partial charge in [0.25, 0.3) is 5.91 Å². The summed E-state index contributed by atoms with van der Waals surface area (Å²) in [4.78, 5) is 17.7. The fourth-order valence-electron chi connectivity index (χ4n) is 2.48. The summed E-state index contributed by atoms with van der Waals surface area (Å²) in [7, 11) is 0. The topological polar surface area (TPSA) is 64.4 Å². The number of carbonyl (C=O) groups excluding carboxylic acids is 1. The zero-order valence-electron chi connectivity index (χ0n) is 12.1. The number of nitrogens with one attached hydrogen (secondary N) is 1. The monoisotopic (exact) mass is 306 g/mol. The van der Waals surface area contributed by atoms with Crippen LogP contribution in [0.1, 0.15) is 35.1 Å². The Morgan fingerprint density at radius 1 is 1.57 bits per heavy atom. The van der Waals surface area contributed by atoms with Gasteiger partial charge in [0, 0.05) is 11.5 Å². The molecule has 2 aromatic rings. The smallest absolute Gasteiger partial charge is 0.271 e. The van der Waals surface area contributed by atoms with Gasteiger partial charge in [0.1, 0.15) is 5.69 Å². The van der Waals surface area contributed by atoms with Crippen LogP contribution in [0.25, 0.3) is 10.8 Å². The third kappa shape index (κ3) is 3.01. The molecule has 0 unspecified atom stereocenters. The van der Waals surface area contributed by atoms with Gasteiger partial charge in [-0.3, -0.25) is 4.79 Å². The lowest BCUT2D eigenvalue weighted by Crippen LogP contribution is -2.41. The number of thiazole rings is 1.